The molecule has 0 aliphatic rings. The van der Waals surface area contributed by atoms with Gasteiger partial charge in [0.15, 0.2) is 9.84 Å². The third kappa shape index (κ3) is 4.28. The topological polar surface area (TPSA) is 71.4 Å². The lowest BCUT2D eigenvalue weighted by atomic mass is 10.0. The van der Waals surface area contributed by atoms with E-state index in [1.807, 2.05) is 44.2 Å². The van der Waals surface area contributed by atoms with E-state index in [4.69, 9.17) is 0 Å². The molecule has 0 saturated carbocycles. The van der Waals surface area contributed by atoms with Crippen molar-refractivity contribution in [2.24, 2.45) is 0 Å². The van der Waals surface area contributed by atoms with E-state index in [2.05, 4.69) is 0 Å². The van der Waals surface area contributed by atoms with Crippen LogP contribution in [0.4, 0.5) is 0 Å². The van der Waals surface area contributed by atoms with Crippen LogP contribution in [0.5, 0.6) is 0 Å². The monoisotopic (exact) mass is 400 g/mol. The highest BCUT2D eigenvalue weighted by Gasteiger charge is 2.23. The first kappa shape index (κ1) is 19.3. The predicted molar refractivity (Wildman–Crippen MR) is 108 cm³/mol. The molecule has 2 aromatic carbocycles. The molecular weight excluding hydrogens is 380 g/mol. The lowest BCUT2D eigenvalue weighted by Gasteiger charge is -2.08. The molecule has 0 bridgehead atoms. The SMILES string of the molecule is CC(C)c1ccc(S(=O)(=O)Cc2cc(-c3ccccc3)sc2C(=O)O)cc1. The molecule has 1 N–H and O–H groups in total. The molecule has 6 heteroatoms. The second-order valence-corrected chi connectivity index (χ2v) is 9.66. The first-order valence-corrected chi connectivity index (χ1v) is 11.0. The highest BCUT2D eigenvalue weighted by Crippen LogP contribution is 2.33. The van der Waals surface area contributed by atoms with Crippen LogP contribution in [0, 0.1) is 0 Å². The Morgan fingerprint density at radius 2 is 1.67 bits per heavy atom. The van der Waals surface area contributed by atoms with E-state index in [1.165, 1.54) is 0 Å². The summed E-state index contributed by atoms with van der Waals surface area (Å²) in [5, 5.41) is 9.51. The minimum Gasteiger partial charge on any atom is -0.477 e. The summed E-state index contributed by atoms with van der Waals surface area (Å²) in [6.07, 6.45) is 0. The molecule has 0 unspecified atom stereocenters. The minimum atomic E-state index is -3.64. The Kier molecular flexibility index (Phi) is 5.48. The molecule has 3 rings (SSSR count). The van der Waals surface area contributed by atoms with Crippen molar-refractivity contribution in [2.75, 3.05) is 0 Å². The van der Waals surface area contributed by atoms with Gasteiger partial charge >= 0.3 is 5.97 Å². The molecule has 0 saturated heterocycles. The molecule has 0 aliphatic carbocycles. The summed E-state index contributed by atoms with van der Waals surface area (Å²) in [5.74, 6) is -1.13. The maximum atomic E-state index is 12.8. The highest BCUT2D eigenvalue weighted by molar-refractivity contribution is 7.90. The summed E-state index contributed by atoms with van der Waals surface area (Å²) in [4.78, 5) is 12.6. The number of sulfone groups is 1. The van der Waals surface area contributed by atoms with Crippen molar-refractivity contribution < 1.29 is 18.3 Å². The van der Waals surface area contributed by atoms with Crippen LogP contribution in [0.25, 0.3) is 10.4 Å². The van der Waals surface area contributed by atoms with Crippen LogP contribution in [0.1, 0.15) is 40.6 Å². The van der Waals surface area contributed by atoms with Gasteiger partial charge in [-0.2, -0.15) is 0 Å². The summed E-state index contributed by atoms with van der Waals surface area (Å²) in [6.45, 7) is 4.08. The summed E-state index contributed by atoms with van der Waals surface area (Å²) in [5.41, 5.74) is 2.25. The Labute approximate surface area is 163 Å². The number of carbonyl (C=O) groups is 1. The predicted octanol–water partition coefficient (Wildman–Crippen LogP) is 5.21. The number of aromatic carboxylic acids is 1. The fourth-order valence-electron chi connectivity index (χ4n) is 2.81. The van der Waals surface area contributed by atoms with E-state index in [-0.39, 0.29) is 15.5 Å². The van der Waals surface area contributed by atoms with Gasteiger partial charge in [-0.1, -0.05) is 56.3 Å². The molecule has 3 aromatic rings. The van der Waals surface area contributed by atoms with Crippen molar-refractivity contribution in [3.05, 3.63) is 76.7 Å². The fourth-order valence-corrected chi connectivity index (χ4v) is 5.28. The van der Waals surface area contributed by atoms with E-state index in [9.17, 15) is 18.3 Å². The second-order valence-electron chi connectivity index (χ2n) is 6.62. The lowest BCUT2D eigenvalue weighted by molar-refractivity contribution is 0.0701. The number of thiophene rings is 1. The fraction of sp³-hybridized carbons (Fsp3) is 0.190. The van der Waals surface area contributed by atoms with Gasteiger partial charge in [-0.25, -0.2) is 13.2 Å². The van der Waals surface area contributed by atoms with Crippen molar-refractivity contribution in [3.63, 3.8) is 0 Å². The number of rotatable bonds is 6. The van der Waals surface area contributed by atoms with Crippen molar-refractivity contribution >= 4 is 27.1 Å². The molecule has 0 fully saturated rings. The first-order valence-electron chi connectivity index (χ1n) is 8.52. The van der Waals surface area contributed by atoms with Gasteiger partial charge in [0.05, 0.1) is 10.6 Å². The Bertz CT molecular complexity index is 1050. The van der Waals surface area contributed by atoms with Crippen molar-refractivity contribution in [1.29, 1.82) is 0 Å². The van der Waals surface area contributed by atoms with Gasteiger partial charge < -0.3 is 5.11 Å². The van der Waals surface area contributed by atoms with Gasteiger partial charge in [0.25, 0.3) is 0 Å². The normalized spacial score (nSPS) is 11.7. The van der Waals surface area contributed by atoms with E-state index >= 15 is 0 Å². The zero-order valence-electron chi connectivity index (χ0n) is 15.0. The third-order valence-corrected chi connectivity index (χ3v) is 7.21. The number of benzene rings is 2. The highest BCUT2D eigenvalue weighted by atomic mass is 32.2. The van der Waals surface area contributed by atoms with Crippen LogP contribution >= 0.6 is 11.3 Å². The standard InChI is InChI=1S/C21H20O4S2/c1-14(2)15-8-10-18(11-9-15)27(24,25)13-17-12-19(26-20(17)21(22)23)16-6-4-3-5-7-16/h3-12,14H,13H2,1-2H3,(H,22,23). The van der Waals surface area contributed by atoms with Gasteiger partial charge in [-0.3, -0.25) is 0 Å². The van der Waals surface area contributed by atoms with E-state index in [0.717, 1.165) is 27.3 Å². The van der Waals surface area contributed by atoms with Gasteiger partial charge in [0.1, 0.15) is 4.88 Å². The van der Waals surface area contributed by atoms with Crippen LogP contribution in [-0.2, 0) is 15.6 Å². The number of carboxylic acid groups (broad SMARTS) is 1. The Balaban J connectivity index is 1.96. The van der Waals surface area contributed by atoms with E-state index in [1.54, 1.807) is 30.3 Å². The van der Waals surface area contributed by atoms with E-state index in [0.29, 0.717) is 11.5 Å². The molecule has 0 aliphatic heterocycles. The number of hydrogen-bond acceptors (Lipinski definition) is 4. The third-order valence-electron chi connectivity index (χ3n) is 4.31. The van der Waals surface area contributed by atoms with Crippen LogP contribution in [-0.4, -0.2) is 19.5 Å². The zero-order valence-corrected chi connectivity index (χ0v) is 16.7. The largest absolute Gasteiger partial charge is 0.477 e. The van der Waals surface area contributed by atoms with Gasteiger partial charge in [0.2, 0.25) is 0 Å². The van der Waals surface area contributed by atoms with Crippen molar-refractivity contribution in [2.45, 2.75) is 30.4 Å². The van der Waals surface area contributed by atoms with Gasteiger partial charge in [-0.05, 0) is 40.8 Å². The Morgan fingerprint density at radius 1 is 1.04 bits per heavy atom. The van der Waals surface area contributed by atoms with Gasteiger partial charge in [-0.15, -0.1) is 11.3 Å². The van der Waals surface area contributed by atoms with Crippen LogP contribution in [0.3, 0.4) is 0 Å². The lowest BCUT2D eigenvalue weighted by Crippen LogP contribution is -2.07. The van der Waals surface area contributed by atoms with Crippen LogP contribution in [0.15, 0.2) is 65.6 Å². The average Bonchev–Trinajstić information content (AvgIpc) is 3.06. The summed E-state index contributed by atoms with van der Waals surface area (Å²) >= 11 is 1.10. The molecule has 27 heavy (non-hydrogen) atoms. The Morgan fingerprint density at radius 3 is 2.22 bits per heavy atom. The maximum Gasteiger partial charge on any atom is 0.346 e. The molecule has 140 valence electrons. The quantitative estimate of drug-likeness (QED) is 0.616. The smallest absolute Gasteiger partial charge is 0.346 e. The second kappa shape index (κ2) is 7.66. The van der Waals surface area contributed by atoms with Crippen molar-refractivity contribution in [1.82, 2.24) is 0 Å². The molecule has 1 aromatic heterocycles. The molecule has 4 nitrogen and oxygen atoms in total. The number of hydrogen-bond donors (Lipinski definition) is 1. The summed E-state index contributed by atoms with van der Waals surface area (Å²) in [7, 11) is -3.64. The van der Waals surface area contributed by atoms with E-state index < -0.39 is 15.8 Å². The van der Waals surface area contributed by atoms with Crippen LogP contribution < -0.4 is 0 Å². The van der Waals surface area contributed by atoms with Crippen LogP contribution in [0.2, 0.25) is 0 Å². The average molecular weight is 401 g/mol. The molecule has 0 atom stereocenters. The number of carboxylic acids is 1. The molecule has 0 spiro atoms. The van der Waals surface area contributed by atoms with Gasteiger partial charge in [0, 0.05) is 4.88 Å². The maximum absolute atomic E-state index is 12.8. The zero-order chi connectivity index (χ0) is 19.6. The first-order chi connectivity index (χ1) is 12.8. The summed E-state index contributed by atoms with van der Waals surface area (Å²) < 4.78 is 25.6. The molecule has 0 amide bonds. The summed E-state index contributed by atoms with van der Waals surface area (Å²) in [6, 6.07) is 17.8. The molecule has 1 heterocycles. The molecular formula is C21H20O4S2. The molecule has 0 radical (unpaired) electrons. The minimum absolute atomic E-state index is 0.0660. The Hall–Kier alpha value is -2.44. The van der Waals surface area contributed by atoms with Crippen molar-refractivity contribution in [3.8, 4) is 10.4 Å².